The molecule has 4 saturated carbocycles. The topological polar surface area (TPSA) is 351 Å². The van der Waals surface area contributed by atoms with Crippen molar-refractivity contribution in [2.24, 2.45) is 61.4 Å². The number of Topliss-reactive ketones (excluding diaryl/α,β-unsaturated/α-hetero) is 3. The molecule has 12 aromatic rings. The van der Waals surface area contributed by atoms with Gasteiger partial charge in [-0.25, -0.2) is 38.1 Å². The smallest absolute Gasteiger partial charge is 0.396 e. The van der Waals surface area contributed by atoms with Gasteiger partial charge >= 0.3 is 6.18 Å². The Morgan fingerprint density at radius 3 is 1.33 bits per heavy atom. The van der Waals surface area contributed by atoms with E-state index in [1.54, 1.807) is 116 Å². The zero-order valence-corrected chi connectivity index (χ0v) is 84.6. The molecule has 10 atom stereocenters. The summed E-state index contributed by atoms with van der Waals surface area (Å²) in [7, 11) is 6.81. The van der Waals surface area contributed by atoms with E-state index in [1.807, 2.05) is 25.1 Å². The Labute approximate surface area is 835 Å². The molecular weight excluding hydrogens is 1890 g/mol. The second kappa shape index (κ2) is 44.5. The summed E-state index contributed by atoms with van der Waals surface area (Å²) in [4.78, 5) is 121. The number of ketones is 3. The van der Waals surface area contributed by atoms with Gasteiger partial charge in [0.25, 0.3) is 0 Å². The number of aliphatic hydroxyl groups is 2. The quantitative estimate of drug-likeness (QED) is 0.0306. The second-order valence-corrected chi connectivity index (χ2v) is 41.8. The predicted octanol–water partition coefficient (Wildman–Crippen LogP) is 22.7. The van der Waals surface area contributed by atoms with Crippen LogP contribution in [0.5, 0.6) is 0 Å². The number of nitrogens with zero attached hydrogens (tertiary/aromatic N) is 13. The highest BCUT2D eigenvalue weighted by molar-refractivity contribution is 6.34. The molecule has 4 aromatic carbocycles. The number of alkyl halides is 3. The number of halogens is 9. The number of aryl methyl sites for hydroxylation is 4. The van der Waals surface area contributed by atoms with E-state index in [9.17, 15) is 66.1 Å². The number of hydrogen-bond acceptors (Lipinski definition) is 18. The number of nitrogens with one attached hydrogen (secondary N) is 4. The maximum atomic E-state index is 15.0. The van der Waals surface area contributed by atoms with Gasteiger partial charge in [-0.2, -0.15) is 28.5 Å². The number of anilines is 4. The first-order chi connectivity index (χ1) is 67.2. The molecule has 36 heteroatoms. The molecule has 754 valence electrons. The fourth-order valence-electron chi connectivity index (χ4n) is 21.1. The van der Waals surface area contributed by atoms with E-state index >= 15 is 8.78 Å². The van der Waals surface area contributed by atoms with Crippen LogP contribution in [-0.2, 0) is 70.0 Å². The summed E-state index contributed by atoms with van der Waals surface area (Å²) < 4.78 is 91.1. The fraction of sp³-hybridized carbons (Fsp3) is 0.472. The van der Waals surface area contributed by atoms with Crippen molar-refractivity contribution in [2.75, 3.05) is 42.0 Å². The first kappa shape index (κ1) is 106. The molecule has 0 spiro atoms. The van der Waals surface area contributed by atoms with Gasteiger partial charge in [-0.3, -0.25) is 38.0 Å². The SMILES string of the molecule is CC(=O)C[C@@H]1CCC[C@H](C(=O)Nc2cc(-c3cc(F)c4nn(C)c(C(C)(C)O)c4c3)c(Cl)cn2)C1.CC(=O)C[C@@H]1CCC[C@H](C(=O)Nc2cc(-c3cc(F)c4nn(C)c(C(C)CO)c4c3)c(Cl)cn2)C1.CC(=O)C[C@@H]1CCC[C@H](C(=O)Nc2cc(-c3ccc4nn5c(c4c3)C(C)(C)CC5)c(Cl)cn2)C1.Cc1cnc(NC(=O)[C@H]2CCC[C@@H](CC(=O)N(C)C)C2)cc1-c1cc(F)c2ncn(C(C)C(F)(F)F)c2c1. The summed E-state index contributed by atoms with van der Waals surface area (Å²) in [5.41, 5.74) is 7.94. The van der Waals surface area contributed by atoms with Gasteiger partial charge in [-0.1, -0.05) is 87.3 Å². The van der Waals surface area contributed by atoms with Crippen molar-refractivity contribution in [3.05, 3.63) is 165 Å². The lowest BCUT2D eigenvalue weighted by atomic mass is 9.79. The Balaban J connectivity index is 0.000000150. The molecule has 1 aliphatic heterocycles. The third-order valence-corrected chi connectivity index (χ3v) is 29.1. The predicted molar refractivity (Wildman–Crippen MR) is 538 cm³/mol. The lowest BCUT2D eigenvalue weighted by molar-refractivity contribution is -0.162. The van der Waals surface area contributed by atoms with Crippen LogP contribution in [0.15, 0.2) is 110 Å². The minimum atomic E-state index is -4.53. The molecule has 0 bridgehead atoms. The van der Waals surface area contributed by atoms with Gasteiger partial charge in [0.1, 0.15) is 68.8 Å². The van der Waals surface area contributed by atoms with E-state index in [2.05, 4.69) is 81.0 Å². The molecule has 17 rings (SSSR count). The van der Waals surface area contributed by atoms with Crippen molar-refractivity contribution in [2.45, 2.75) is 240 Å². The van der Waals surface area contributed by atoms with E-state index in [0.29, 0.717) is 145 Å². The summed E-state index contributed by atoms with van der Waals surface area (Å²) in [5.74, 6) is -0.411. The number of amides is 5. The standard InChI is InChI=1S/C27H31ClN4O2.C27H31F4N5O2.2C26H30ClFN4O3/c1-16(33)11-17-5-4-6-19(12-17)26(34)30-24-14-20(22(28)15-29-24)18-7-8-23-21(13-18)25-27(2,3)9-10-32(25)31-23;1-15-13-32-23(34-26(38)18-7-5-6-17(8-18)9-24(37)35(3)4)12-20(15)19-10-21(28)25-22(11-19)36(14-33-25)16(2)27(29,30)31;1-14(33)8-15-6-5-7-16(9-15)25(34)30-22-12-18(20(27)13-29-22)17-10-19-23(21(28)11-17)31-32(4)24(19)26(2,3)35;1-14(13-33)25-20-9-18(10-22(28)24(20)31-32(25)3)19-11-23(29-12-21(19)27)30-26(35)17-6-4-5-16(8-17)7-15(2)34/h7-8,13-15,17,19H,4-6,9-12H2,1-3H3,(H,29,30,34);10-14,16-18H,5-9H2,1-4H3,(H,32,34,38);10-13,15-16,35H,5-9H2,1-4H3,(H,29,30,34);9-12,14,16-17,33H,4-8,13H2,1-3H3,(H,29,30,35)/t17-,19-;16?,17-,18+;15-,16-;14?,16-,17-/m0100/s1. The van der Waals surface area contributed by atoms with E-state index in [0.717, 1.165) is 136 Å². The van der Waals surface area contributed by atoms with E-state index < -0.39 is 35.3 Å². The summed E-state index contributed by atoms with van der Waals surface area (Å²) in [5, 5.41) is 48.5. The van der Waals surface area contributed by atoms with Gasteiger partial charge in [0.2, 0.25) is 29.5 Å². The number of aliphatic hydroxyl groups excluding tert-OH is 1. The van der Waals surface area contributed by atoms with Crippen LogP contribution in [0.4, 0.5) is 49.6 Å². The van der Waals surface area contributed by atoms with Crippen LogP contribution < -0.4 is 21.3 Å². The van der Waals surface area contributed by atoms with E-state index in [-0.39, 0.29) is 134 Å². The highest BCUT2D eigenvalue weighted by Crippen LogP contribution is 2.46. The van der Waals surface area contributed by atoms with Crippen molar-refractivity contribution in [3.8, 4) is 44.5 Å². The molecule has 5 amide bonds. The number of rotatable bonds is 24. The number of hydrogen-bond donors (Lipinski definition) is 6. The number of benzene rings is 4. The molecule has 2 unspecified atom stereocenters. The molecule has 0 radical (unpaired) electrons. The maximum absolute atomic E-state index is 15.0. The normalized spacial score (nSPS) is 19.4. The first-order valence-corrected chi connectivity index (χ1v) is 49.6. The minimum Gasteiger partial charge on any atom is -0.396 e. The Morgan fingerprint density at radius 1 is 0.507 bits per heavy atom. The molecule has 5 aliphatic rings. The van der Waals surface area contributed by atoms with E-state index in [1.165, 1.54) is 53.2 Å². The molecule has 4 fully saturated rings. The zero-order valence-electron chi connectivity index (χ0n) is 82.3. The van der Waals surface area contributed by atoms with Crippen molar-refractivity contribution < 1.29 is 74.9 Å². The number of carbonyl (C=O) groups excluding carboxylic acids is 8. The average molecular weight is 2010 g/mol. The second-order valence-electron chi connectivity index (χ2n) is 40.6. The number of aromatic nitrogens is 12. The lowest BCUT2D eigenvalue weighted by Crippen LogP contribution is -2.31. The largest absolute Gasteiger partial charge is 0.408 e. The van der Waals surface area contributed by atoms with Gasteiger partial charge in [0.15, 0.2) is 17.5 Å². The van der Waals surface area contributed by atoms with Crippen molar-refractivity contribution in [1.82, 2.24) is 63.7 Å². The van der Waals surface area contributed by atoms with Gasteiger partial charge < -0.3 is 55.3 Å². The molecule has 6 N–H and O–H groups in total. The third kappa shape index (κ3) is 24.9. The Bertz CT molecular complexity index is 6810. The van der Waals surface area contributed by atoms with Crippen molar-refractivity contribution in [1.29, 1.82) is 0 Å². The van der Waals surface area contributed by atoms with E-state index in [4.69, 9.17) is 39.9 Å². The zero-order chi connectivity index (χ0) is 103. The fourth-order valence-corrected chi connectivity index (χ4v) is 21.8. The number of imidazole rings is 1. The Kier molecular flexibility index (Phi) is 33.2. The van der Waals surface area contributed by atoms with Gasteiger partial charge in [0.05, 0.1) is 56.1 Å². The molecule has 9 heterocycles. The van der Waals surface area contributed by atoms with Crippen LogP contribution in [0, 0.1) is 71.7 Å². The molecule has 8 aromatic heterocycles. The first-order valence-electron chi connectivity index (χ1n) is 48.4. The maximum Gasteiger partial charge on any atom is 0.408 e. The monoisotopic (exact) mass is 2010 g/mol. The van der Waals surface area contributed by atoms with Crippen molar-refractivity contribution in [3.63, 3.8) is 0 Å². The van der Waals surface area contributed by atoms with Crippen LogP contribution in [-0.4, -0.2) is 148 Å². The lowest BCUT2D eigenvalue weighted by Gasteiger charge is -2.28. The van der Waals surface area contributed by atoms with Crippen LogP contribution in [0.1, 0.15) is 232 Å². The summed E-state index contributed by atoms with van der Waals surface area (Å²) in [6.45, 7) is 18.0. The van der Waals surface area contributed by atoms with Crippen LogP contribution in [0.2, 0.25) is 15.1 Å². The Hall–Kier alpha value is -11.9. The summed E-state index contributed by atoms with van der Waals surface area (Å²) >= 11 is 19.4. The average Bonchev–Trinajstić information content (AvgIpc) is 1.58. The third-order valence-electron chi connectivity index (χ3n) is 28.2. The highest BCUT2D eigenvalue weighted by Gasteiger charge is 2.41. The summed E-state index contributed by atoms with van der Waals surface area (Å²) in [6.07, 6.45) is 18.8. The number of carbonyl (C=O) groups is 8. The molecule has 142 heavy (non-hydrogen) atoms. The van der Waals surface area contributed by atoms with Crippen LogP contribution in [0.25, 0.3) is 88.2 Å². The molecular formula is C106H122Cl3F6N17O10. The van der Waals surface area contributed by atoms with Crippen molar-refractivity contribution >= 4 is 149 Å². The van der Waals surface area contributed by atoms with Gasteiger partial charge in [-0.15, -0.1) is 0 Å². The number of fused-ring (bicyclic) bond motifs is 6. The highest BCUT2D eigenvalue weighted by atomic mass is 35.5. The van der Waals surface area contributed by atoms with Gasteiger partial charge in [0, 0.05) is 153 Å². The minimum absolute atomic E-state index is 0.0205. The van der Waals surface area contributed by atoms with Gasteiger partial charge in [-0.05, 0) is 262 Å². The van der Waals surface area contributed by atoms with Crippen LogP contribution in [0.3, 0.4) is 0 Å². The Morgan fingerprint density at radius 2 is 0.901 bits per heavy atom. The molecule has 27 nitrogen and oxygen atoms in total. The molecule has 4 aliphatic carbocycles. The van der Waals surface area contributed by atoms with Crippen LogP contribution >= 0.6 is 34.8 Å². The number of pyridine rings is 4. The summed E-state index contributed by atoms with van der Waals surface area (Å²) in [6, 6.07) is 20.0. The molecule has 0 saturated heterocycles.